The monoisotopic (exact) mass is 231 g/mol. The molecule has 1 rings (SSSR count). The van der Waals surface area contributed by atoms with E-state index in [1.165, 1.54) is 5.56 Å². The number of halogens is 2. The van der Waals surface area contributed by atoms with Gasteiger partial charge in [-0.3, -0.25) is 0 Å². The lowest BCUT2D eigenvalue weighted by Crippen LogP contribution is -2.14. The van der Waals surface area contributed by atoms with E-state index in [4.69, 9.17) is 23.2 Å². The van der Waals surface area contributed by atoms with E-state index in [1.807, 2.05) is 12.1 Å². The van der Waals surface area contributed by atoms with Crippen LogP contribution in [-0.4, -0.2) is 13.1 Å². The molecule has 3 heteroatoms. The Morgan fingerprint density at radius 2 is 2.07 bits per heavy atom. The molecule has 0 bridgehead atoms. The maximum absolute atomic E-state index is 6.04. The zero-order chi connectivity index (χ0) is 10.4. The molecule has 0 aliphatic rings. The topological polar surface area (TPSA) is 12.0 Å². The van der Waals surface area contributed by atoms with Crippen molar-refractivity contribution < 1.29 is 0 Å². The van der Waals surface area contributed by atoms with Crippen LogP contribution in [0, 0.1) is 0 Å². The number of nitrogens with one attached hydrogen (secondary N) is 1. The molecule has 0 saturated heterocycles. The molecule has 0 saturated carbocycles. The maximum Gasteiger partial charge on any atom is 0.0452 e. The van der Waals surface area contributed by atoms with Gasteiger partial charge in [-0.1, -0.05) is 36.2 Å². The van der Waals surface area contributed by atoms with E-state index >= 15 is 0 Å². The average molecular weight is 232 g/mol. The van der Waals surface area contributed by atoms with Crippen molar-refractivity contribution in [3.8, 4) is 0 Å². The van der Waals surface area contributed by atoms with E-state index in [1.54, 1.807) is 6.07 Å². The molecule has 1 aromatic carbocycles. The third-order valence-corrected chi connectivity index (χ3v) is 2.65. The SMILES string of the molecule is CCNCCCc1ccc(Cl)cc1Cl. The molecule has 0 atom stereocenters. The normalized spacial score (nSPS) is 10.5. The number of benzene rings is 1. The van der Waals surface area contributed by atoms with Gasteiger partial charge in [-0.05, 0) is 43.6 Å². The fourth-order valence-corrected chi connectivity index (χ4v) is 1.81. The van der Waals surface area contributed by atoms with Crippen molar-refractivity contribution in [1.82, 2.24) is 5.32 Å². The van der Waals surface area contributed by atoms with Gasteiger partial charge in [0.15, 0.2) is 0 Å². The molecule has 0 amide bonds. The van der Waals surface area contributed by atoms with Gasteiger partial charge in [0, 0.05) is 10.0 Å². The zero-order valence-corrected chi connectivity index (χ0v) is 9.83. The van der Waals surface area contributed by atoms with Gasteiger partial charge < -0.3 is 5.32 Å². The second kappa shape index (κ2) is 6.28. The Hall–Kier alpha value is -0.240. The van der Waals surface area contributed by atoms with Crippen molar-refractivity contribution in [2.75, 3.05) is 13.1 Å². The second-order valence-electron chi connectivity index (χ2n) is 3.19. The summed E-state index contributed by atoms with van der Waals surface area (Å²) in [5, 5.41) is 4.75. The molecular formula is C11H15Cl2N. The molecule has 0 fully saturated rings. The van der Waals surface area contributed by atoms with Gasteiger partial charge in [0.2, 0.25) is 0 Å². The largest absolute Gasteiger partial charge is 0.317 e. The fraction of sp³-hybridized carbons (Fsp3) is 0.455. The van der Waals surface area contributed by atoms with Crippen LogP contribution < -0.4 is 5.32 Å². The summed E-state index contributed by atoms with van der Waals surface area (Å²) >= 11 is 11.8. The van der Waals surface area contributed by atoms with Crippen LogP contribution in [0.15, 0.2) is 18.2 Å². The summed E-state index contributed by atoms with van der Waals surface area (Å²) in [4.78, 5) is 0. The first-order chi connectivity index (χ1) is 6.74. The van der Waals surface area contributed by atoms with Gasteiger partial charge in [0.25, 0.3) is 0 Å². The van der Waals surface area contributed by atoms with Crippen LogP contribution in [-0.2, 0) is 6.42 Å². The van der Waals surface area contributed by atoms with Crippen LogP contribution >= 0.6 is 23.2 Å². The van der Waals surface area contributed by atoms with Crippen molar-refractivity contribution in [2.45, 2.75) is 19.8 Å². The Labute approximate surface area is 95.4 Å². The zero-order valence-electron chi connectivity index (χ0n) is 8.32. The summed E-state index contributed by atoms with van der Waals surface area (Å²) in [5.74, 6) is 0. The van der Waals surface area contributed by atoms with Crippen molar-refractivity contribution >= 4 is 23.2 Å². The second-order valence-corrected chi connectivity index (χ2v) is 4.04. The molecule has 0 heterocycles. The highest BCUT2D eigenvalue weighted by Crippen LogP contribution is 2.21. The van der Waals surface area contributed by atoms with E-state index in [0.29, 0.717) is 5.02 Å². The van der Waals surface area contributed by atoms with Gasteiger partial charge in [0.05, 0.1) is 0 Å². The van der Waals surface area contributed by atoms with Crippen molar-refractivity contribution in [3.05, 3.63) is 33.8 Å². The van der Waals surface area contributed by atoms with E-state index in [-0.39, 0.29) is 0 Å². The lowest BCUT2D eigenvalue weighted by molar-refractivity contribution is 0.673. The maximum atomic E-state index is 6.04. The Morgan fingerprint density at radius 3 is 2.71 bits per heavy atom. The average Bonchev–Trinajstić information content (AvgIpc) is 2.15. The Kier molecular flexibility index (Phi) is 5.31. The highest BCUT2D eigenvalue weighted by atomic mass is 35.5. The molecule has 1 nitrogen and oxygen atoms in total. The van der Waals surface area contributed by atoms with Crippen molar-refractivity contribution in [1.29, 1.82) is 0 Å². The standard InChI is InChI=1S/C11H15Cl2N/c1-2-14-7-3-4-9-5-6-10(12)8-11(9)13/h5-6,8,14H,2-4,7H2,1H3. The lowest BCUT2D eigenvalue weighted by atomic mass is 10.1. The van der Waals surface area contributed by atoms with Gasteiger partial charge in [-0.2, -0.15) is 0 Å². The van der Waals surface area contributed by atoms with Crippen molar-refractivity contribution in [3.63, 3.8) is 0 Å². The van der Waals surface area contributed by atoms with Gasteiger partial charge in [0.1, 0.15) is 0 Å². The predicted molar refractivity (Wildman–Crippen MR) is 63.3 cm³/mol. The predicted octanol–water partition coefficient (Wildman–Crippen LogP) is 3.54. The van der Waals surface area contributed by atoms with Crippen LogP contribution in [0.3, 0.4) is 0 Å². The summed E-state index contributed by atoms with van der Waals surface area (Å²) in [6, 6.07) is 5.68. The Bertz CT molecular complexity index is 287. The van der Waals surface area contributed by atoms with Gasteiger partial charge in [-0.25, -0.2) is 0 Å². The van der Waals surface area contributed by atoms with E-state index in [0.717, 1.165) is 31.0 Å². The van der Waals surface area contributed by atoms with Crippen LogP contribution in [0.1, 0.15) is 18.9 Å². The van der Waals surface area contributed by atoms with E-state index in [9.17, 15) is 0 Å². The summed E-state index contributed by atoms with van der Waals surface area (Å²) in [7, 11) is 0. The van der Waals surface area contributed by atoms with Crippen LogP contribution in [0.25, 0.3) is 0 Å². The third kappa shape index (κ3) is 3.87. The highest BCUT2D eigenvalue weighted by molar-refractivity contribution is 6.35. The number of hydrogen-bond donors (Lipinski definition) is 1. The lowest BCUT2D eigenvalue weighted by Gasteiger charge is -2.04. The minimum absolute atomic E-state index is 0.699. The molecule has 0 aromatic heterocycles. The van der Waals surface area contributed by atoms with Gasteiger partial charge in [-0.15, -0.1) is 0 Å². The van der Waals surface area contributed by atoms with Gasteiger partial charge >= 0.3 is 0 Å². The molecule has 0 aliphatic heterocycles. The first kappa shape index (κ1) is 11.8. The molecular weight excluding hydrogens is 217 g/mol. The smallest absolute Gasteiger partial charge is 0.0452 e. The third-order valence-electron chi connectivity index (χ3n) is 2.06. The minimum Gasteiger partial charge on any atom is -0.317 e. The summed E-state index contributed by atoms with van der Waals surface area (Å²) in [6.07, 6.45) is 2.11. The highest BCUT2D eigenvalue weighted by Gasteiger charge is 2.00. The first-order valence-corrected chi connectivity index (χ1v) is 5.64. The minimum atomic E-state index is 0.699. The molecule has 78 valence electrons. The fourth-order valence-electron chi connectivity index (χ4n) is 1.31. The van der Waals surface area contributed by atoms with E-state index in [2.05, 4.69) is 12.2 Å². The Balaban J connectivity index is 2.42. The number of rotatable bonds is 5. The van der Waals surface area contributed by atoms with Crippen LogP contribution in [0.5, 0.6) is 0 Å². The van der Waals surface area contributed by atoms with Crippen LogP contribution in [0.2, 0.25) is 10.0 Å². The molecule has 0 unspecified atom stereocenters. The van der Waals surface area contributed by atoms with Crippen molar-refractivity contribution in [2.24, 2.45) is 0 Å². The quantitative estimate of drug-likeness (QED) is 0.765. The Morgan fingerprint density at radius 1 is 1.29 bits per heavy atom. The number of hydrogen-bond acceptors (Lipinski definition) is 1. The molecule has 0 aliphatic carbocycles. The summed E-state index contributed by atoms with van der Waals surface area (Å²) < 4.78 is 0. The summed E-state index contributed by atoms with van der Waals surface area (Å²) in [5.41, 5.74) is 1.17. The molecule has 1 N–H and O–H groups in total. The van der Waals surface area contributed by atoms with E-state index < -0.39 is 0 Å². The molecule has 0 radical (unpaired) electrons. The summed E-state index contributed by atoms with van der Waals surface area (Å²) in [6.45, 7) is 4.17. The van der Waals surface area contributed by atoms with Crippen LogP contribution in [0.4, 0.5) is 0 Å². The first-order valence-electron chi connectivity index (χ1n) is 4.88. The molecule has 0 spiro atoms. The molecule has 14 heavy (non-hydrogen) atoms. The molecule has 1 aromatic rings. The number of aryl methyl sites for hydroxylation is 1.